The predicted molar refractivity (Wildman–Crippen MR) is 105 cm³/mol. The van der Waals surface area contributed by atoms with E-state index in [2.05, 4.69) is 10.2 Å². The van der Waals surface area contributed by atoms with Crippen molar-refractivity contribution in [1.82, 2.24) is 10.2 Å². The molecule has 2 aromatic carbocycles. The number of carbonyl (C=O) groups excluding carboxylic acids is 1. The molecule has 2 aromatic rings. The molecule has 1 saturated heterocycles. The minimum atomic E-state index is -0.0962. The summed E-state index contributed by atoms with van der Waals surface area (Å²) in [6.07, 6.45) is 3.40. The van der Waals surface area contributed by atoms with Crippen molar-refractivity contribution < 1.29 is 9.53 Å². The van der Waals surface area contributed by atoms with Crippen LogP contribution in [0.5, 0.6) is 0 Å². The molecule has 0 radical (unpaired) electrons. The predicted octanol–water partition coefficient (Wildman–Crippen LogP) is 3.54. The van der Waals surface area contributed by atoms with Gasteiger partial charge < -0.3 is 10.1 Å². The third kappa shape index (κ3) is 5.43. The van der Waals surface area contributed by atoms with E-state index in [0.717, 1.165) is 24.2 Å². The summed E-state index contributed by atoms with van der Waals surface area (Å²) in [5.74, 6) is -0.0962. The molecule has 1 amide bonds. The SMILES string of the molecule is O=C(/C=C/c1ccccc1)NCC(c1ccc(Cl)cc1)N1CCOCC1. The molecule has 1 aliphatic rings. The maximum absolute atomic E-state index is 12.2. The molecule has 3 rings (SSSR count). The van der Waals surface area contributed by atoms with Gasteiger partial charge in [0.1, 0.15) is 0 Å². The first kappa shape index (κ1) is 18.6. The highest BCUT2D eigenvalue weighted by Gasteiger charge is 2.22. The number of nitrogens with one attached hydrogen (secondary N) is 1. The Morgan fingerprint density at radius 2 is 1.81 bits per heavy atom. The molecular formula is C21H23ClN2O2. The Morgan fingerprint density at radius 3 is 2.50 bits per heavy atom. The zero-order chi connectivity index (χ0) is 18.2. The minimum Gasteiger partial charge on any atom is -0.379 e. The van der Waals surface area contributed by atoms with E-state index in [9.17, 15) is 4.79 Å². The molecule has 0 aromatic heterocycles. The zero-order valence-electron chi connectivity index (χ0n) is 14.6. The number of amides is 1. The first-order chi connectivity index (χ1) is 12.7. The number of rotatable bonds is 6. The normalized spacial score (nSPS) is 16.5. The Hall–Kier alpha value is -2.14. The molecule has 0 aliphatic carbocycles. The van der Waals surface area contributed by atoms with Gasteiger partial charge in [-0.05, 0) is 29.3 Å². The monoisotopic (exact) mass is 370 g/mol. The summed E-state index contributed by atoms with van der Waals surface area (Å²) in [4.78, 5) is 14.6. The second kappa shape index (κ2) is 9.53. The van der Waals surface area contributed by atoms with Gasteiger partial charge >= 0.3 is 0 Å². The van der Waals surface area contributed by atoms with Crippen LogP contribution in [0.3, 0.4) is 0 Å². The minimum absolute atomic E-state index is 0.0962. The molecule has 1 aliphatic heterocycles. The van der Waals surface area contributed by atoms with Crippen molar-refractivity contribution in [3.05, 3.63) is 76.8 Å². The van der Waals surface area contributed by atoms with Crippen LogP contribution in [-0.4, -0.2) is 43.7 Å². The molecule has 4 nitrogen and oxygen atoms in total. The third-order valence-electron chi connectivity index (χ3n) is 4.44. The Bertz CT molecular complexity index is 725. The molecule has 5 heteroatoms. The van der Waals surface area contributed by atoms with Crippen molar-refractivity contribution in [2.75, 3.05) is 32.8 Å². The average Bonchev–Trinajstić information content (AvgIpc) is 2.69. The van der Waals surface area contributed by atoms with Crippen molar-refractivity contribution >= 4 is 23.6 Å². The number of hydrogen-bond acceptors (Lipinski definition) is 3. The van der Waals surface area contributed by atoms with Gasteiger partial charge in [0, 0.05) is 30.7 Å². The molecule has 136 valence electrons. The summed E-state index contributed by atoms with van der Waals surface area (Å²) in [6, 6.07) is 17.7. The van der Waals surface area contributed by atoms with E-state index in [0.29, 0.717) is 24.8 Å². The second-order valence-electron chi connectivity index (χ2n) is 6.20. The Labute approximate surface area is 159 Å². The summed E-state index contributed by atoms with van der Waals surface area (Å²) >= 11 is 6.02. The Kier molecular flexibility index (Phi) is 6.83. The van der Waals surface area contributed by atoms with Crippen LogP contribution in [0.2, 0.25) is 5.02 Å². The standard InChI is InChI=1S/C21H23ClN2O2/c22-19-9-7-18(8-10-19)20(24-12-14-26-15-13-24)16-23-21(25)11-6-17-4-2-1-3-5-17/h1-11,20H,12-16H2,(H,23,25)/b11-6+. The van der Waals surface area contributed by atoms with E-state index < -0.39 is 0 Å². The van der Waals surface area contributed by atoms with Crippen LogP contribution >= 0.6 is 11.6 Å². The fourth-order valence-corrected chi connectivity index (χ4v) is 3.15. The maximum Gasteiger partial charge on any atom is 0.244 e. The van der Waals surface area contributed by atoms with Crippen molar-refractivity contribution in [3.8, 4) is 0 Å². The molecule has 0 saturated carbocycles. The quantitative estimate of drug-likeness (QED) is 0.791. The lowest BCUT2D eigenvalue weighted by Crippen LogP contribution is -2.43. The molecular weight excluding hydrogens is 348 g/mol. The van der Waals surface area contributed by atoms with Crippen LogP contribution in [0, 0.1) is 0 Å². The number of ether oxygens (including phenoxy) is 1. The van der Waals surface area contributed by atoms with Gasteiger partial charge in [-0.15, -0.1) is 0 Å². The third-order valence-corrected chi connectivity index (χ3v) is 4.69. The van der Waals surface area contributed by atoms with Gasteiger partial charge in [-0.25, -0.2) is 0 Å². The lowest BCUT2D eigenvalue weighted by atomic mass is 10.0. The number of carbonyl (C=O) groups is 1. The van der Waals surface area contributed by atoms with Gasteiger partial charge in [0.2, 0.25) is 5.91 Å². The number of benzene rings is 2. The summed E-state index contributed by atoms with van der Waals surface area (Å²) in [7, 11) is 0. The zero-order valence-corrected chi connectivity index (χ0v) is 15.4. The number of nitrogens with zero attached hydrogens (tertiary/aromatic N) is 1. The van der Waals surface area contributed by atoms with E-state index in [1.165, 1.54) is 0 Å². The van der Waals surface area contributed by atoms with Crippen LogP contribution in [0.15, 0.2) is 60.7 Å². The van der Waals surface area contributed by atoms with Gasteiger partial charge in [0.05, 0.1) is 19.3 Å². The number of hydrogen-bond donors (Lipinski definition) is 1. The summed E-state index contributed by atoms with van der Waals surface area (Å²) in [5.41, 5.74) is 2.15. The molecule has 1 fully saturated rings. The highest BCUT2D eigenvalue weighted by Crippen LogP contribution is 2.23. The van der Waals surface area contributed by atoms with Gasteiger partial charge in [-0.3, -0.25) is 9.69 Å². The van der Waals surface area contributed by atoms with E-state index in [1.54, 1.807) is 6.08 Å². The van der Waals surface area contributed by atoms with Gasteiger partial charge in [-0.2, -0.15) is 0 Å². The Morgan fingerprint density at radius 1 is 1.12 bits per heavy atom. The van der Waals surface area contributed by atoms with E-state index in [1.807, 2.05) is 60.7 Å². The highest BCUT2D eigenvalue weighted by atomic mass is 35.5. The number of halogens is 1. The molecule has 1 atom stereocenters. The first-order valence-electron chi connectivity index (χ1n) is 8.80. The van der Waals surface area contributed by atoms with E-state index >= 15 is 0 Å². The fourth-order valence-electron chi connectivity index (χ4n) is 3.02. The van der Waals surface area contributed by atoms with Crippen LogP contribution in [-0.2, 0) is 9.53 Å². The van der Waals surface area contributed by atoms with Crippen molar-refractivity contribution in [2.45, 2.75) is 6.04 Å². The van der Waals surface area contributed by atoms with Crippen LogP contribution < -0.4 is 5.32 Å². The highest BCUT2D eigenvalue weighted by molar-refractivity contribution is 6.30. The van der Waals surface area contributed by atoms with Gasteiger partial charge in [0.15, 0.2) is 0 Å². The molecule has 1 unspecified atom stereocenters. The topological polar surface area (TPSA) is 41.6 Å². The van der Waals surface area contributed by atoms with Crippen molar-refractivity contribution in [2.24, 2.45) is 0 Å². The molecule has 26 heavy (non-hydrogen) atoms. The molecule has 1 heterocycles. The van der Waals surface area contributed by atoms with E-state index in [-0.39, 0.29) is 11.9 Å². The van der Waals surface area contributed by atoms with Crippen LogP contribution in [0.1, 0.15) is 17.2 Å². The van der Waals surface area contributed by atoms with Crippen LogP contribution in [0.4, 0.5) is 0 Å². The molecule has 1 N–H and O–H groups in total. The second-order valence-corrected chi connectivity index (χ2v) is 6.64. The van der Waals surface area contributed by atoms with Crippen molar-refractivity contribution in [1.29, 1.82) is 0 Å². The molecule has 0 bridgehead atoms. The van der Waals surface area contributed by atoms with Crippen LogP contribution in [0.25, 0.3) is 6.08 Å². The van der Waals surface area contributed by atoms with Crippen molar-refractivity contribution in [3.63, 3.8) is 0 Å². The van der Waals surface area contributed by atoms with Gasteiger partial charge in [-0.1, -0.05) is 54.1 Å². The summed E-state index contributed by atoms with van der Waals surface area (Å²) < 4.78 is 5.46. The maximum atomic E-state index is 12.2. The smallest absolute Gasteiger partial charge is 0.244 e. The summed E-state index contributed by atoms with van der Waals surface area (Å²) in [5, 5.41) is 3.73. The lowest BCUT2D eigenvalue weighted by molar-refractivity contribution is -0.116. The average molecular weight is 371 g/mol. The molecule has 0 spiro atoms. The lowest BCUT2D eigenvalue weighted by Gasteiger charge is -2.34. The number of morpholine rings is 1. The Balaban J connectivity index is 1.64. The summed E-state index contributed by atoms with van der Waals surface area (Å²) in [6.45, 7) is 3.67. The fraction of sp³-hybridized carbons (Fsp3) is 0.286. The van der Waals surface area contributed by atoms with E-state index in [4.69, 9.17) is 16.3 Å². The first-order valence-corrected chi connectivity index (χ1v) is 9.18. The van der Waals surface area contributed by atoms with Gasteiger partial charge in [0.25, 0.3) is 0 Å². The largest absolute Gasteiger partial charge is 0.379 e.